The number of carbonyl (C=O) groups is 1. The summed E-state index contributed by atoms with van der Waals surface area (Å²) in [6, 6.07) is 8.06. The number of hydrogen-bond acceptors (Lipinski definition) is 2. The summed E-state index contributed by atoms with van der Waals surface area (Å²) in [5.74, 6) is 0.534. The summed E-state index contributed by atoms with van der Waals surface area (Å²) in [5.41, 5.74) is 1.21. The summed E-state index contributed by atoms with van der Waals surface area (Å²) in [4.78, 5) is 11.6. The minimum atomic E-state index is 0.0525. The fourth-order valence-electron chi connectivity index (χ4n) is 1.69. The zero-order valence-electron chi connectivity index (χ0n) is 11.9. The largest absolute Gasteiger partial charge is 0.355 e. The number of carbonyl (C=O) groups excluding carboxylic acids is 1. The Morgan fingerprint density at radius 3 is 2.42 bits per heavy atom. The Labute approximate surface area is 120 Å². The summed E-state index contributed by atoms with van der Waals surface area (Å²) in [6.07, 6.45) is 0.884. The van der Waals surface area contributed by atoms with Gasteiger partial charge in [-0.05, 0) is 37.0 Å². The maximum absolute atomic E-state index is 11.6. The van der Waals surface area contributed by atoms with E-state index in [1.807, 2.05) is 24.3 Å². The first kappa shape index (κ1) is 16.0. The normalized spacial score (nSPS) is 12.5. The number of amides is 1. The summed E-state index contributed by atoms with van der Waals surface area (Å²) in [6.45, 7) is 7.33. The highest BCUT2D eigenvalue weighted by Gasteiger charge is 2.06. The van der Waals surface area contributed by atoms with Crippen molar-refractivity contribution in [1.29, 1.82) is 0 Å². The maximum Gasteiger partial charge on any atom is 0.233 e. The molecule has 106 valence electrons. The molecule has 1 atom stereocenters. The van der Waals surface area contributed by atoms with E-state index in [2.05, 4.69) is 31.4 Å². The smallest absolute Gasteiger partial charge is 0.233 e. The first-order chi connectivity index (χ1) is 8.97. The lowest BCUT2D eigenvalue weighted by molar-refractivity contribution is -0.120. The number of halogens is 1. The number of benzene rings is 1. The van der Waals surface area contributed by atoms with Crippen molar-refractivity contribution in [2.75, 3.05) is 13.1 Å². The van der Waals surface area contributed by atoms with Crippen molar-refractivity contribution in [3.63, 3.8) is 0 Å². The molecular formula is C15H23ClN2O. The topological polar surface area (TPSA) is 41.1 Å². The first-order valence-electron chi connectivity index (χ1n) is 6.72. The molecule has 1 rings (SSSR count). The molecule has 19 heavy (non-hydrogen) atoms. The average molecular weight is 283 g/mol. The maximum atomic E-state index is 11.6. The van der Waals surface area contributed by atoms with Crippen molar-refractivity contribution < 1.29 is 4.79 Å². The Morgan fingerprint density at radius 2 is 1.84 bits per heavy atom. The van der Waals surface area contributed by atoms with E-state index in [-0.39, 0.29) is 11.9 Å². The zero-order valence-corrected chi connectivity index (χ0v) is 12.6. The molecule has 0 bridgehead atoms. The molecule has 0 aliphatic rings. The van der Waals surface area contributed by atoms with E-state index >= 15 is 0 Å². The molecule has 1 aromatic rings. The second-order valence-electron chi connectivity index (χ2n) is 5.31. The monoisotopic (exact) mass is 282 g/mol. The highest BCUT2D eigenvalue weighted by Crippen LogP contribution is 2.10. The number of hydrogen-bond donors (Lipinski definition) is 2. The van der Waals surface area contributed by atoms with Crippen molar-refractivity contribution in [2.24, 2.45) is 5.92 Å². The van der Waals surface area contributed by atoms with E-state index in [4.69, 9.17) is 11.6 Å². The second kappa shape index (κ2) is 8.18. The van der Waals surface area contributed by atoms with E-state index in [0.29, 0.717) is 12.5 Å². The standard InChI is InChI=1S/C15H23ClN2O/c1-11(2)9-18-15(19)10-17-12(3)8-13-4-6-14(16)7-5-13/h4-7,11-12,17H,8-10H2,1-3H3,(H,18,19). The van der Waals surface area contributed by atoms with Crippen molar-refractivity contribution in [3.05, 3.63) is 34.9 Å². The molecule has 0 saturated carbocycles. The summed E-state index contributed by atoms with van der Waals surface area (Å²) >= 11 is 5.84. The van der Waals surface area contributed by atoms with Crippen LogP contribution in [0, 0.1) is 5.92 Å². The van der Waals surface area contributed by atoms with E-state index in [9.17, 15) is 4.79 Å². The van der Waals surface area contributed by atoms with E-state index in [1.165, 1.54) is 5.56 Å². The highest BCUT2D eigenvalue weighted by atomic mass is 35.5. The third-order valence-corrected chi connectivity index (χ3v) is 3.03. The van der Waals surface area contributed by atoms with Crippen LogP contribution in [0.4, 0.5) is 0 Å². The van der Waals surface area contributed by atoms with Crippen LogP contribution in [0.5, 0.6) is 0 Å². The van der Waals surface area contributed by atoms with Crippen LogP contribution in [0.2, 0.25) is 5.02 Å². The van der Waals surface area contributed by atoms with Gasteiger partial charge < -0.3 is 10.6 Å². The first-order valence-corrected chi connectivity index (χ1v) is 7.09. The molecule has 0 aliphatic carbocycles. The Hall–Kier alpha value is -1.06. The molecule has 1 amide bonds. The van der Waals surface area contributed by atoms with Crippen LogP contribution in [0.1, 0.15) is 26.3 Å². The van der Waals surface area contributed by atoms with E-state index in [1.54, 1.807) is 0 Å². The molecule has 0 saturated heterocycles. The minimum absolute atomic E-state index is 0.0525. The molecule has 2 N–H and O–H groups in total. The van der Waals surface area contributed by atoms with Crippen molar-refractivity contribution in [1.82, 2.24) is 10.6 Å². The van der Waals surface area contributed by atoms with Crippen LogP contribution in [-0.2, 0) is 11.2 Å². The van der Waals surface area contributed by atoms with Gasteiger partial charge in [-0.2, -0.15) is 0 Å². The molecule has 1 aromatic carbocycles. The Kier molecular flexibility index (Phi) is 6.89. The quantitative estimate of drug-likeness (QED) is 0.807. The lowest BCUT2D eigenvalue weighted by atomic mass is 10.1. The van der Waals surface area contributed by atoms with Crippen LogP contribution in [0.3, 0.4) is 0 Å². The molecular weight excluding hydrogens is 260 g/mol. The van der Waals surface area contributed by atoms with Gasteiger partial charge in [-0.25, -0.2) is 0 Å². The summed E-state index contributed by atoms with van der Waals surface area (Å²) in [5, 5.41) is 6.86. The number of nitrogens with one attached hydrogen (secondary N) is 2. The number of rotatable bonds is 7. The predicted octanol–water partition coefficient (Wildman–Crippen LogP) is 2.63. The van der Waals surface area contributed by atoms with Gasteiger partial charge in [0, 0.05) is 17.6 Å². The van der Waals surface area contributed by atoms with Gasteiger partial charge in [-0.15, -0.1) is 0 Å². The SMILES string of the molecule is CC(C)CNC(=O)CNC(C)Cc1ccc(Cl)cc1. The molecule has 3 nitrogen and oxygen atoms in total. The lowest BCUT2D eigenvalue weighted by Crippen LogP contribution is -2.39. The third-order valence-electron chi connectivity index (χ3n) is 2.77. The molecule has 0 radical (unpaired) electrons. The molecule has 0 aromatic heterocycles. The highest BCUT2D eigenvalue weighted by molar-refractivity contribution is 6.30. The van der Waals surface area contributed by atoms with Crippen LogP contribution in [0.15, 0.2) is 24.3 Å². The minimum Gasteiger partial charge on any atom is -0.355 e. The average Bonchev–Trinajstić information content (AvgIpc) is 2.36. The molecule has 0 aliphatic heterocycles. The second-order valence-corrected chi connectivity index (χ2v) is 5.75. The van der Waals surface area contributed by atoms with Gasteiger partial charge in [0.25, 0.3) is 0 Å². The summed E-state index contributed by atoms with van der Waals surface area (Å²) < 4.78 is 0. The van der Waals surface area contributed by atoms with E-state index in [0.717, 1.165) is 18.0 Å². The van der Waals surface area contributed by atoms with E-state index < -0.39 is 0 Å². The van der Waals surface area contributed by atoms with Gasteiger partial charge in [0.2, 0.25) is 5.91 Å². The van der Waals surface area contributed by atoms with Crippen molar-refractivity contribution >= 4 is 17.5 Å². The third kappa shape index (κ3) is 7.19. The van der Waals surface area contributed by atoms with Gasteiger partial charge in [0.15, 0.2) is 0 Å². The summed E-state index contributed by atoms with van der Waals surface area (Å²) in [7, 11) is 0. The molecule has 0 heterocycles. The molecule has 1 unspecified atom stereocenters. The van der Waals surface area contributed by atoms with Gasteiger partial charge in [-0.1, -0.05) is 37.6 Å². The van der Waals surface area contributed by atoms with Crippen LogP contribution < -0.4 is 10.6 Å². The van der Waals surface area contributed by atoms with Crippen LogP contribution in [-0.4, -0.2) is 25.0 Å². The molecule has 0 spiro atoms. The van der Waals surface area contributed by atoms with Gasteiger partial charge in [-0.3, -0.25) is 4.79 Å². The Balaban J connectivity index is 2.25. The van der Waals surface area contributed by atoms with Gasteiger partial charge in [0.05, 0.1) is 6.54 Å². The predicted molar refractivity (Wildman–Crippen MR) is 80.5 cm³/mol. The fourth-order valence-corrected chi connectivity index (χ4v) is 1.82. The van der Waals surface area contributed by atoms with Crippen molar-refractivity contribution in [3.8, 4) is 0 Å². The zero-order chi connectivity index (χ0) is 14.3. The molecule has 4 heteroatoms. The molecule has 0 fully saturated rings. The Bertz CT molecular complexity index is 390. The Morgan fingerprint density at radius 1 is 1.21 bits per heavy atom. The van der Waals surface area contributed by atoms with Crippen LogP contribution in [0.25, 0.3) is 0 Å². The fraction of sp³-hybridized carbons (Fsp3) is 0.533. The van der Waals surface area contributed by atoms with Crippen LogP contribution >= 0.6 is 11.6 Å². The van der Waals surface area contributed by atoms with Gasteiger partial charge >= 0.3 is 0 Å². The lowest BCUT2D eigenvalue weighted by Gasteiger charge is -2.14. The van der Waals surface area contributed by atoms with Crippen molar-refractivity contribution in [2.45, 2.75) is 33.2 Å². The van der Waals surface area contributed by atoms with Gasteiger partial charge in [0.1, 0.15) is 0 Å².